The molecule has 1 aliphatic rings. The lowest BCUT2D eigenvalue weighted by molar-refractivity contribution is -0.387. The smallest absolute Gasteiger partial charge is 0.325 e. The molecule has 1 unspecified atom stereocenters. The largest absolute Gasteiger partial charge is 0.468 e. The molecule has 0 aromatic heterocycles. The van der Waals surface area contributed by atoms with Gasteiger partial charge in [0, 0.05) is 12.6 Å². The van der Waals surface area contributed by atoms with Crippen molar-refractivity contribution in [1.82, 2.24) is 4.31 Å². The van der Waals surface area contributed by atoms with Crippen LogP contribution < -0.4 is 0 Å². The Labute approximate surface area is 108 Å². The Hall–Kier alpha value is -2.00. The Balaban J connectivity index is 2.38. The monoisotopic (exact) mass is 286 g/mol. The molecule has 1 heterocycles. The van der Waals surface area contributed by atoms with Crippen molar-refractivity contribution in [1.29, 1.82) is 0 Å². The van der Waals surface area contributed by atoms with E-state index in [1.165, 1.54) is 12.1 Å². The van der Waals surface area contributed by atoms with Gasteiger partial charge < -0.3 is 4.74 Å². The maximum absolute atomic E-state index is 12.2. The van der Waals surface area contributed by atoms with Gasteiger partial charge in [-0.25, -0.2) is 8.42 Å². The van der Waals surface area contributed by atoms with Gasteiger partial charge in [-0.3, -0.25) is 14.9 Å². The Morgan fingerprint density at radius 3 is 2.68 bits per heavy atom. The third-order valence-electron chi connectivity index (χ3n) is 2.69. The van der Waals surface area contributed by atoms with Crippen LogP contribution in [-0.4, -0.2) is 43.3 Å². The summed E-state index contributed by atoms with van der Waals surface area (Å²) >= 11 is 0. The van der Waals surface area contributed by atoms with Crippen LogP contribution in [0.25, 0.3) is 0 Å². The third kappa shape index (κ3) is 2.29. The summed E-state index contributed by atoms with van der Waals surface area (Å²) in [5, 5.41) is 10.8. The first-order valence-corrected chi connectivity index (χ1v) is 6.66. The molecule has 0 aliphatic carbocycles. The molecule has 0 N–H and O–H groups in total. The minimum atomic E-state index is -4.05. The van der Waals surface area contributed by atoms with Gasteiger partial charge in [-0.15, -0.1) is 0 Å². The Morgan fingerprint density at radius 2 is 2.11 bits per heavy atom. The van der Waals surface area contributed by atoms with E-state index in [0.717, 1.165) is 23.5 Å². The van der Waals surface area contributed by atoms with E-state index in [1.54, 1.807) is 0 Å². The number of nitro groups is 1. The first kappa shape index (κ1) is 13.4. The molecular weight excluding hydrogens is 276 g/mol. The lowest BCUT2D eigenvalue weighted by Gasteiger charge is -2.06. The molecule has 0 radical (unpaired) electrons. The van der Waals surface area contributed by atoms with E-state index in [4.69, 9.17) is 0 Å². The normalized spacial score (nSPS) is 21.7. The molecule has 1 aromatic carbocycles. The van der Waals surface area contributed by atoms with Gasteiger partial charge in [0.15, 0.2) is 4.90 Å². The number of sulfonamides is 1. The number of carbonyl (C=O) groups is 1. The minimum absolute atomic E-state index is 0.0267. The summed E-state index contributed by atoms with van der Waals surface area (Å²) in [6.45, 7) is -0.0267. The molecule has 2 rings (SSSR count). The molecule has 19 heavy (non-hydrogen) atoms. The highest BCUT2D eigenvalue weighted by molar-refractivity contribution is 7.89. The van der Waals surface area contributed by atoms with E-state index in [9.17, 15) is 23.3 Å². The van der Waals surface area contributed by atoms with Crippen molar-refractivity contribution in [3.63, 3.8) is 0 Å². The van der Waals surface area contributed by atoms with Crippen LogP contribution >= 0.6 is 0 Å². The van der Waals surface area contributed by atoms with Crippen LogP contribution in [0.5, 0.6) is 0 Å². The van der Waals surface area contributed by atoms with Gasteiger partial charge in [0.25, 0.3) is 15.7 Å². The van der Waals surface area contributed by atoms with Gasteiger partial charge >= 0.3 is 5.97 Å². The highest BCUT2D eigenvalue weighted by atomic mass is 32.2. The molecule has 1 saturated heterocycles. The van der Waals surface area contributed by atoms with Gasteiger partial charge in [0.1, 0.15) is 6.04 Å². The number of hydrogen-bond acceptors (Lipinski definition) is 6. The van der Waals surface area contributed by atoms with Crippen molar-refractivity contribution in [3.8, 4) is 0 Å². The molecule has 1 fully saturated rings. The second kappa shape index (κ2) is 4.59. The zero-order valence-electron chi connectivity index (χ0n) is 9.85. The number of esters is 1. The third-order valence-corrected chi connectivity index (χ3v) is 4.61. The number of methoxy groups -OCH3 is 1. The van der Waals surface area contributed by atoms with E-state index in [1.807, 2.05) is 0 Å². The van der Waals surface area contributed by atoms with Crippen molar-refractivity contribution in [2.24, 2.45) is 0 Å². The highest BCUT2D eigenvalue weighted by Gasteiger charge is 2.51. The summed E-state index contributed by atoms with van der Waals surface area (Å²) in [5.41, 5.74) is -0.516. The second-order valence-corrected chi connectivity index (χ2v) is 5.70. The Kier molecular flexibility index (Phi) is 3.25. The molecule has 0 saturated carbocycles. The van der Waals surface area contributed by atoms with Crippen LogP contribution in [0.15, 0.2) is 29.2 Å². The fraction of sp³-hybridized carbons (Fsp3) is 0.300. The van der Waals surface area contributed by atoms with Gasteiger partial charge in [0.05, 0.1) is 12.0 Å². The molecule has 102 valence electrons. The van der Waals surface area contributed by atoms with E-state index >= 15 is 0 Å². The van der Waals surface area contributed by atoms with Gasteiger partial charge in [-0.1, -0.05) is 12.1 Å². The average Bonchev–Trinajstić information content (AvgIpc) is 3.18. The number of hydrogen-bond donors (Lipinski definition) is 0. The van der Waals surface area contributed by atoms with E-state index in [0.29, 0.717) is 0 Å². The number of nitrogens with zero attached hydrogens (tertiary/aromatic N) is 2. The predicted molar refractivity (Wildman–Crippen MR) is 62.8 cm³/mol. The second-order valence-electron chi connectivity index (χ2n) is 3.84. The lowest BCUT2D eigenvalue weighted by atomic mass is 10.3. The summed E-state index contributed by atoms with van der Waals surface area (Å²) in [5.74, 6) is -0.679. The first-order chi connectivity index (χ1) is 8.89. The summed E-state index contributed by atoms with van der Waals surface area (Å²) in [6, 6.07) is 4.10. The quantitative estimate of drug-likeness (QED) is 0.337. The molecule has 2 atom stereocenters. The van der Waals surface area contributed by atoms with Gasteiger partial charge in [-0.2, -0.15) is 4.31 Å². The van der Waals surface area contributed by atoms with Crippen LogP contribution in [0, 0.1) is 10.1 Å². The molecule has 1 aromatic rings. The summed E-state index contributed by atoms with van der Waals surface area (Å²) < 4.78 is 29.6. The number of benzene rings is 1. The summed E-state index contributed by atoms with van der Waals surface area (Å²) in [4.78, 5) is 20.8. The number of para-hydroxylation sites is 1. The van der Waals surface area contributed by atoms with Crippen molar-refractivity contribution in [2.75, 3.05) is 13.7 Å². The van der Waals surface area contributed by atoms with Gasteiger partial charge in [0.2, 0.25) is 0 Å². The fourth-order valence-corrected chi connectivity index (χ4v) is 3.34. The standard InChI is InChI=1S/C10H10N2O6S/c1-18-10(13)8-6-11(8)19(16,17)9-5-3-2-4-7(9)12(14)15/h2-5,8H,6H2,1H3/t8-,11?/m0/s1. The Morgan fingerprint density at radius 1 is 1.47 bits per heavy atom. The first-order valence-electron chi connectivity index (χ1n) is 5.22. The Bertz CT molecular complexity index is 641. The van der Waals surface area contributed by atoms with Gasteiger partial charge in [-0.05, 0) is 6.07 Å². The van der Waals surface area contributed by atoms with E-state index in [2.05, 4.69) is 4.74 Å². The minimum Gasteiger partial charge on any atom is -0.468 e. The van der Waals surface area contributed by atoms with E-state index in [-0.39, 0.29) is 6.54 Å². The van der Waals surface area contributed by atoms with Crippen molar-refractivity contribution >= 4 is 21.7 Å². The molecule has 1 aliphatic heterocycles. The maximum Gasteiger partial charge on any atom is 0.325 e. The SMILES string of the molecule is COC(=O)[C@@H]1CN1S(=O)(=O)c1ccccc1[N+](=O)[O-]. The zero-order valence-corrected chi connectivity index (χ0v) is 10.7. The van der Waals surface area contributed by atoms with Crippen LogP contribution in [0.2, 0.25) is 0 Å². The molecule has 0 amide bonds. The van der Waals surface area contributed by atoms with Crippen molar-refractivity contribution in [2.45, 2.75) is 10.9 Å². The number of carbonyl (C=O) groups excluding carboxylic acids is 1. The number of rotatable bonds is 4. The van der Waals surface area contributed by atoms with Crippen LogP contribution in [0.1, 0.15) is 0 Å². The van der Waals surface area contributed by atoms with Crippen LogP contribution in [0.4, 0.5) is 5.69 Å². The zero-order chi connectivity index (χ0) is 14.2. The maximum atomic E-state index is 12.2. The predicted octanol–water partition coefficient (Wildman–Crippen LogP) is 0.141. The van der Waals surface area contributed by atoms with Crippen molar-refractivity contribution < 1.29 is 22.9 Å². The molecule has 9 heteroatoms. The van der Waals surface area contributed by atoms with Crippen LogP contribution in [0.3, 0.4) is 0 Å². The molecule has 0 spiro atoms. The number of ether oxygens (including phenoxy) is 1. The number of nitro benzene ring substituents is 1. The average molecular weight is 286 g/mol. The summed E-state index contributed by atoms with van der Waals surface area (Å²) in [6.07, 6.45) is 0. The summed E-state index contributed by atoms with van der Waals surface area (Å²) in [7, 11) is -2.91. The molecule has 0 bridgehead atoms. The lowest BCUT2D eigenvalue weighted by Crippen LogP contribution is -2.21. The van der Waals surface area contributed by atoms with E-state index < -0.39 is 37.5 Å². The topological polar surface area (TPSA) is 107 Å². The molecular formula is C10H10N2O6S. The fourth-order valence-electron chi connectivity index (χ4n) is 1.67. The molecule has 8 nitrogen and oxygen atoms in total. The van der Waals surface area contributed by atoms with Crippen molar-refractivity contribution in [3.05, 3.63) is 34.4 Å². The highest BCUT2D eigenvalue weighted by Crippen LogP contribution is 2.33. The van der Waals surface area contributed by atoms with Crippen LogP contribution in [-0.2, 0) is 19.6 Å².